The predicted molar refractivity (Wildman–Crippen MR) is 132 cm³/mol. The van der Waals surface area contributed by atoms with Crippen LogP contribution in [0.25, 0.3) is 10.7 Å². The minimum absolute atomic E-state index is 0.0894. The van der Waals surface area contributed by atoms with Gasteiger partial charge in [0.25, 0.3) is 0 Å². The molecule has 3 heterocycles. The highest BCUT2D eigenvalue weighted by Crippen LogP contribution is 2.35. The maximum Gasteiger partial charge on any atom is 0.244 e. The second-order valence-corrected chi connectivity index (χ2v) is 12.0. The summed E-state index contributed by atoms with van der Waals surface area (Å²) in [6.07, 6.45) is 2.21. The summed E-state index contributed by atoms with van der Waals surface area (Å²) >= 11 is 1.33. The van der Waals surface area contributed by atoms with Crippen molar-refractivity contribution in [3.05, 3.63) is 46.7 Å². The summed E-state index contributed by atoms with van der Waals surface area (Å²) < 4.78 is 33.7. The Balaban J connectivity index is 1.49. The van der Waals surface area contributed by atoms with Crippen molar-refractivity contribution in [2.75, 3.05) is 18.4 Å². The standard InChI is InChI=1S/C24H30N4O4S2/c1-5-17-8-10-19(11-9-17)25-23(29)18-7-6-12-28(14-18)34(30,31)21-13-20(33-16(21)4)22-26-24(15(2)3)32-27-22/h8-11,13,15,18H,5-7,12,14H2,1-4H3,(H,25,29)/t18-/m0/s1. The minimum Gasteiger partial charge on any atom is -0.339 e. The first-order valence-corrected chi connectivity index (χ1v) is 13.8. The molecule has 0 aliphatic carbocycles. The first-order chi connectivity index (χ1) is 16.2. The summed E-state index contributed by atoms with van der Waals surface area (Å²) in [5.41, 5.74) is 1.92. The van der Waals surface area contributed by atoms with Crippen molar-refractivity contribution in [1.82, 2.24) is 14.4 Å². The average molecular weight is 503 g/mol. The smallest absolute Gasteiger partial charge is 0.244 e. The molecule has 0 spiro atoms. The number of benzene rings is 1. The van der Waals surface area contributed by atoms with E-state index in [1.54, 1.807) is 13.0 Å². The maximum atomic E-state index is 13.5. The van der Waals surface area contributed by atoms with E-state index in [1.807, 2.05) is 38.1 Å². The van der Waals surface area contributed by atoms with Crippen LogP contribution in [0.15, 0.2) is 39.8 Å². The van der Waals surface area contributed by atoms with Gasteiger partial charge in [0.15, 0.2) is 0 Å². The van der Waals surface area contributed by atoms with Crippen LogP contribution in [0.5, 0.6) is 0 Å². The fourth-order valence-corrected chi connectivity index (χ4v) is 6.99. The van der Waals surface area contributed by atoms with Gasteiger partial charge in [-0.1, -0.05) is 38.1 Å². The van der Waals surface area contributed by atoms with Gasteiger partial charge in [-0.3, -0.25) is 4.79 Å². The lowest BCUT2D eigenvalue weighted by molar-refractivity contribution is -0.120. The summed E-state index contributed by atoms with van der Waals surface area (Å²) in [6.45, 7) is 8.31. The number of carbonyl (C=O) groups excluding carboxylic acids is 1. The number of nitrogens with zero attached hydrogens (tertiary/aromatic N) is 3. The number of hydrogen-bond donors (Lipinski definition) is 1. The van der Waals surface area contributed by atoms with Gasteiger partial charge < -0.3 is 9.84 Å². The molecule has 10 heteroatoms. The number of piperidine rings is 1. The van der Waals surface area contributed by atoms with Gasteiger partial charge in [-0.2, -0.15) is 9.29 Å². The van der Waals surface area contributed by atoms with E-state index >= 15 is 0 Å². The van der Waals surface area contributed by atoms with E-state index in [2.05, 4.69) is 22.4 Å². The first-order valence-electron chi connectivity index (χ1n) is 11.5. The molecule has 1 saturated heterocycles. The molecule has 0 saturated carbocycles. The summed E-state index contributed by atoms with van der Waals surface area (Å²) in [6, 6.07) is 9.35. The second kappa shape index (κ2) is 9.97. The molecule has 1 atom stereocenters. The molecule has 182 valence electrons. The molecule has 1 fully saturated rings. The van der Waals surface area contributed by atoms with Crippen LogP contribution >= 0.6 is 11.3 Å². The fraction of sp³-hybridized carbons (Fsp3) is 0.458. The highest BCUT2D eigenvalue weighted by atomic mass is 32.2. The number of nitrogens with one attached hydrogen (secondary N) is 1. The number of sulfonamides is 1. The zero-order chi connectivity index (χ0) is 24.5. The molecular weight excluding hydrogens is 472 g/mol. The van der Waals surface area contributed by atoms with Crippen LogP contribution in [-0.4, -0.2) is 41.9 Å². The van der Waals surface area contributed by atoms with Crippen LogP contribution in [0, 0.1) is 12.8 Å². The van der Waals surface area contributed by atoms with E-state index < -0.39 is 15.9 Å². The van der Waals surface area contributed by atoms with Crippen LogP contribution in [0.1, 0.15) is 55.9 Å². The number of aryl methyl sites for hydroxylation is 2. The zero-order valence-corrected chi connectivity index (χ0v) is 21.5. The normalized spacial score (nSPS) is 17.3. The van der Waals surface area contributed by atoms with E-state index in [4.69, 9.17) is 4.52 Å². The van der Waals surface area contributed by atoms with Crippen molar-refractivity contribution < 1.29 is 17.7 Å². The van der Waals surface area contributed by atoms with Crippen molar-refractivity contribution >= 4 is 33.0 Å². The third kappa shape index (κ3) is 5.08. The molecule has 1 N–H and O–H groups in total. The van der Waals surface area contributed by atoms with Crippen LogP contribution in [0.4, 0.5) is 5.69 Å². The summed E-state index contributed by atoms with van der Waals surface area (Å²) in [5, 5.41) is 6.94. The highest BCUT2D eigenvalue weighted by molar-refractivity contribution is 7.89. The van der Waals surface area contributed by atoms with Gasteiger partial charge in [-0.25, -0.2) is 8.42 Å². The number of amides is 1. The Kier molecular flexibility index (Phi) is 7.20. The van der Waals surface area contributed by atoms with Crippen molar-refractivity contribution in [2.45, 2.75) is 57.8 Å². The largest absolute Gasteiger partial charge is 0.339 e. The van der Waals surface area contributed by atoms with Crippen LogP contribution in [0.3, 0.4) is 0 Å². The molecule has 2 aromatic heterocycles. The molecule has 0 unspecified atom stereocenters. The SMILES string of the molecule is CCc1ccc(NC(=O)[C@H]2CCCN(S(=O)(=O)c3cc(-c4noc(C(C)C)n4)sc3C)C2)cc1. The Labute approximate surface area is 204 Å². The third-order valence-electron chi connectivity index (χ3n) is 6.03. The van der Waals surface area contributed by atoms with E-state index in [0.29, 0.717) is 40.9 Å². The summed E-state index contributed by atoms with van der Waals surface area (Å²) in [7, 11) is -3.76. The molecule has 1 aliphatic heterocycles. The molecule has 4 rings (SSSR count). The summed E-state index contributed by atoms with van der Waals surface area (Å²) in [4.78, 5) is 18.8. The quantitative estimate of drug-likeness (QED) is 0.496. The molecule has 1 aliphatic rings. The number of thiophene rings is 1. The lowest BCUT2D eigenvalue weighted by Gasteiger charge is -2.31. The van der Waals surface area contributed by atoms with Crippen molar-refractivity contribution in [3.63, 3.8) is 0 Å². The lowest BCUT2D eigenvalue weighted by atomic mass is 9.98. The first kappa shape index (κ1) is 24.6. The predicted octanol–water partition coefficient (Wildman–Crippen LogP) is 4.83. The van der Waals surface area contributed by atoms with E-state index in [-0.39, 0.29) is 23.3 Å². The Morgan fingerprint density at radius 3 is 2.68 bits per heavy atom. The number of aromatic nitrogens is 2. The number of anilines is 1. The Morgan fingerprint density at radius 2 is 2.03 bits per heavy atom. The Bertz CT molecular complexity index is 1260. The fourth-order valence-electron chi connectivity index (χ4n) is 3.98. The molecule has 8 nitrogen and oxygen atoms in total. The zero-order valence-electron chi connectivity index (χ0n) is 19.9. The van der Waals surface area contributed by atoms with Gasteiger partial charge in [0.05, 0.1) is 15.7 Å². The molecule has 0 radical (unpaired) electrons. The van der Waals surface area contributed by atoms with Crippen molar-refractivity contribution in [1.29, 1.82) is 0 Å². The maximum absolute atomic E-state index is 13.5. The van der Waals surface area contributed by atoms with Crippen LogP contribution in [0.2, 0.25) is 0 Å². The van der Waals surface area contributed by atoms with E-state index in [1.165, 1.54) is 21.2 Å². The molecule has 1 amide bonds. The second-order valence-electron chi connectivity index (χ2n) is 8.88. The van der Waals surface area contributed by atoms with Gasteiger partial charge in [0.1, 0.15) is 0 Å². The van der Waals surface area contributed by atoms with Gasteiger partial charge in [-0.05, 0) is 49.9 Å². The van der Waals surface area contributed by atoms with Crippen molar-refractivity contribution in [2.24, 2.45) is 5.92 Å². The Hall–Kier alpha value is -2.56. The van der Waals surface area contributed by atoms with E-state index in [0.717, 1.165) is 12.1 Å². The molecule has 1 aromatic carbocycles. The van der Waals surface area contributed by atoms with Crippen LogP contribution in [-0.2, 0) is 21.2 Å². The third-order valence-corrected chi connectivity index (χ3v) is 9.20. The molecule has 34 heavy (non-hydrogen) atoms. The van der Waals surface area contributed by atoms with E-state index in [9.17, 15) is 13.2 Å². The van der Waals surface area contributed by atoms with Gasteiger partial charge in [-0.15, -0.1) is 11.3 Å². The van der Waals surface area contributed by atoms with Gasteiger partial charge in [0.2, 0.25) is 27.6 Å². The van der Waals surface area contributed by atoms with Crippen LogP contribution < -0.4 is 5.32 Å². The average Bonchev–Trinajstić information content (AvgIpc) is 3.47. The molecular formula is C24H30N4O4S2. The number of carbonyl (C=O) groups is 1. The topological polar surface area (TPSA) is 105 Å². The molecule has 3 aromatic rings. The number of rotatable bonds is 7. The monoisotopic (exact) mass is 502 g/mol. The van der Waals surface area contributed by atoms with Gasteiger partial charge in [0, 0.05) is 29.6 Å². The van der Waals surface area contributed by atoms with Crippen molar-refractivity contribution in [3.8, 4) is 10.7 Å². The molecule has 0 bridgehead atoms. The Morgan fingerprint density at radius 1 is 1.29 bits per heavy atom. The summed E-state index contributed by atoms with van der Waals surface area (Å²) in [5.74, 6) is 0.438. The number of hydrogen-bond acceptors (Lipinski definition) is 7. The van der Waals surface area contributed by atoms with Gasteiger partial charge >= 0.3 is 0 Å². The minimum atomic E-state index is -3.76. The highest BCUT2D eigenvalue weighted by Gasteiger charge is 2.35. The lowest BCUT2D eigenvalue weighted by Crippen LogP contribution is -2.43.